The topological polar surface area (TPSA) is 92.8 Å². The quantitative estimate of drug-likeness (QED) is 0.581. The molecular formula is C19H23N5O2S. The van der Waals surface area contributed by atoms with Crippen molar-refractivity contribution in [3.8, 4) is 6.07 Å². The van der Waals surface area contributed by atoms with Crippen LogP contribution in [0.1, 0.15) is 53.7 Å². The van der Waals surface area contributed by atoms with Crippen LogP contribution in [0, 0.1) is 25.2 Å². The van der Waals surface area contributed by atoms with Gasteiger partial charge in [0.2, 0.25) is 5.13 Å². The Morgan fingerprint density at radius 3 is 2.89 bits per heavy atom. The summed E-state index contributed by atoms with van der Waals surface area (Å²) in [4.78, 5) is 12.5. The molecule has 1 fully saturated rings. The number of amides is 1. The molecule has 7 nitrogen and oxygen atoms in total. The van der Waals surface area contributed by atoms with Gasteiger partial charge >= 0.3 is 0 Å². The summed E-state index contributed by atoms with van der Waals surface area (Å²) in [5, 5.41) is 21.6. The molecule has 1 unspecified atom stereocenters. The van der Waals surface area contributed by atoms with Crippen LogP contribution in [0.15, 0.2) is 11.6 Å². The highest BCUT2D eigenvalue weighted by Crippen LogP contribution is 2.42. The van der Waals surface area contributed by atoms with Crippen LogP contribution >= 0.6 is 11.3 Å². The van der Waals surface area contributed by atoms with E-state index >= 15 is 0 Å². The van der Waals surface area contributed by atoms with Gasteiger partial charge in [-0.2, -0.15) is 5.26 Å². The number of hydrogen-bond acceptors (Lipinski definition) is 6. The zero-order chi connectivity index (χ0) is 19.6. The van der Waals surface area contributed by atoms with E-state index in [9.17, 15) is 10.1 Å². The van der Waals surface area contributed by atoms with Gasteiger partial charge in [-0.1, -0.05) is 11.3 Å². The summed E-state index contributed by atoms with van der Waals surface area (Å²) in [7, 11) is 1.67. The van der Waals surface area contributed by atoms with Crippen LogP contribution in [0.25, 0.3) is 6.08 Å². The third kappa shape index (κ3) is 4.26. The maximum atomic E-state index is 12.5. The zero-order valence-corrected chi connectivity index (χ0v) is 16.8. The van der Waals surface area contributed by atoms with E-state index in [1.54, 1.807) is 13.2 Å². The molecule has 142 valence electrons. The molecule has 8 heteroatoms. The van der Waals surface area contributed by atoms with Crippen LogP contribution in [0.4, 0.5) is 5.13 Å². The second-order valence-electron chi connectivity index (χ2n) is 6.84. The average molecular weight is 385 g/mol. The minimum absolute atomic E-state index is 0.0396. The van der Waals surface area contributed by atoms with Crippen LogP contribution in [0.5, 0.6) is 0 Å². The number of carbonyl (C=O) groups excluding carboxylic acids is 1. The van der Waals surface area contributed by atoms with Gasteiger partial charge in [-0.15, -0.1) is 10.2 Å². The predicted molar refractivity (Wildman–Crippen MR) is 105 cm³/mol. The summed E-state index contributed by atoms with van der Waals surface area (Å²) in [6.07, 6.45) is 3.88. The first-order valence-electron chi connectivity index (χ1n) is 8.88. The highest BCUT2D eigenvalue weighted by Gasteiger charge is 2.28. The molecule has 1 amide bonds. The van der Waals surface area contributed by atoms with E-state index in [4.69, 9.17) is 4.74 Å². The summed E-state index contributed by atoms with van der Waals surface area (Å²) in [6, 6.07) is 4.13. The number of aryl methyl sites for hydroxylation is 1. The Kier molecular flexibility index (Phi) is 5.73. The van der Waals surface area contributed by atoms with Crippen LogP contribution < -0.4 is 5.32 Å². The van der Waals surface area contributed by atoms with Gasteiger partial charge in [-0.25, -0.2) is 0 Å². The summed E-state index contributed by atoms with van der Waals surface area (Å²) >= 11 is 1.38. The second-order valence-corrected chi connectivity index (χ2v) is 7.85. The Morgan fingerprint density at radius 1 is 1.52 bits per heavy atom. The number of methoxy groups -OCH3 is 1. The number of anilines is 1. The first kappa shape index (κ1) is 19.3. The monoisotopic (exact) mass is 385 g/mol. The molecule has 2 aromatic rings. The molecule has 1 saturated carbocycles. The average Bonchev–Trinajstić information content (AvgIpc) is 3.31. The molecule has 1 aliphatic rings. The summed E-state index contributed by atoms with van der Waals surface area (Å²) < 4.78 is 7.39. The minimum atomic E-state index is -0.467. The number of nitrogens with zero attached hydrogens (tertiary/aromatic N) is 4. The van der Waals surface area contributed by atoms with E-state index in [0.717, 1.165) is 34.8 Å². The van der Waals surface area contributed by atoms with Crippen molar-refractivity contribution in [1.82, 2.24) is 14.8 Å². The van der Waals surface area contributed by atoms with Crippen molar-refractivity contribution in [1.29, 1.82) is 5.26 Å². The molecular weight excluding hydrogens is 362 g/mol. The molecule has 2 heterocycles. The van der Waals surface area contributed by atoms with Crippen molar-refractivity contribution in [3.63, 3.8) is 0 Å². The molecule has 0 aromatic carbocycles. The van der Waals surface area contributed by atoms with Crippen molar-refractivity contribution >= 4 is 28.5 Å². The standard InChI is InChI=1S/C19H23N5O2S/c1-11-7-15(13(3)24(11)12(2)10-26-4)8-16(9-20)17(25)21-19-23-22-18(27-19)14-5-6-14/h7-8,12,14H,5-6,10H2,1-4H3,(H,21,23,25)/b16-8-. The van der Waals surface area contributed by atoms with Gasteiger partial charge in [-0.3, -0.25) is 10.1 Å². The maximum Gasteiger partial charge on any atom is 0.268 e. The van der Waals surface area contributed by atoms with E-state index in [-0.39, 0.29) is 11.6 Å². The van der Waals surface area contributed by atoms with Crippen LogP contribution in [0.3, 0.4) is 0 Å². The highest BCUT2D eigenvalue weighted by atomic mass is 32.1. The molecule has 0 radical (unpaired) electrons. The molecule has 1 atom stereocenters. The van der Waals surface area contributed by atoms with Gasteiger partial charge in [0.1, 0.15) is 16.6 Å². The Bertz CT molecular complexity index is 917. The fourth-order valence-corrected chi connectivity index (χ4v) is 4.10. The fourth-order valence-electron chi connectivity index (χ4n) is 3.19. The third-order valence-electron chi connectivity index (χ3n) is 4.62. The van der Waals surface area contributed by atoms with Gasteiger partial charge in [0.15, 0.2) is 0 Å². The number of carbonyl (C=O) groups is 1. The van der Waals surface area contributed by atoms with Crippen molar-refractivity contribution in [2.75, 3.05) is 19.0 Å². The van der Waals surface area contributed by atoms with Crippen molar-refractivity contribution in [2.24, 2.45) is 0 Å². The van der Waals surface area contributed by atoms with Gasteiger partial charge in [0, 0.05) is 24.4 Å². The molecule has 0 spiro atoms. The van der Waals surface area contributed by atoms with Gasteiger partial charge < -0.3 is 9.30 Å². The first-order valence-corrected chi connectivity index (χ1v) is 9.70. The van der Waals surface area contributed by atoms with E-state index in [1.807, 2.05) is 26.0 Å². The van der Waals surface area contributed by atoms with E-state index in [1.165, 1.54) is 11.3 Å². The lowest BCUT2D eigenvalue weighted by atomic mass is 10.1. The lowest BCUT2D eigenvalue weighted by molar-refractivity contribution is -0.112. The number of aromatic nitrogens is 3. The molecule has 1 N–H and O–H groups in total. The Hall–Kier alpha value is -2.50. The SMILES string of the molecule is COCC(C)n1c(C)cc(/C=C(/C#N)C(=O)Nc2nnc(C3CC3)s2)c1C. The molecule has 3 rings (SSSR count). The number of hydrogen-bond donors (Lipinski definition) is 1. The van der Waals surface area contributed by atoms with Crippen LogP contribution in [0.2, 0.25) is 0 Å². The van der Waals surface area contributed by atoms with E-state index < -0.39 is 5.91 Å². The van der Waals surface area contributed by atoms with Gasteiger partial charge in [0.05, 0.1) is 12.6 Å². The minimum Gasteiger partial charge on any atom is -0.383 e. The molecule has 2 aromatic heterocycles. The second kappa shape index (κ2) is 8.03. The Balaban J connectivity index is 1.79. The van der Waals surface area contributed by atoms with Crippen molar-refractivity contribution < 1.29 is 9.53 Å². The fraction of sp³-hybridized carbons (Fsp3) is 0.474. The molecule has 0 bridgehead atoms. The van der Waals surface area contributed by atoms with Crippen LogP contribution in [-0.4, -0.2) is 34.4 Å². The van der Waals surface area contributed by atoms with E-state index in [0.29, 0.717) is 17.7 Å². The van der Waals surface area contributed by atoms with Gasteiger partial charge in [0.25, 0.3) is 5.91 Å². The van der Waals surface area contributed by atoms with E-state index in [2.05, 4.69) is 27.0 Å². The first-order chi connectivity index (χ1) is 12.9. The number of rotatable bonds is 7. The largest absolute Gasteiger partial charge is 0.383 e. The number of ether oxygens (including phenoxy) is 1. The summed E-state index contributed by atoms with van der Waals surface area (Å²) in [5.74, 6) is 0.0179. The van der Waals surface area contributed by atoms with Crippen molar-refractivity contribution in [3.05, 3.63) is 33.6 Å². The molecule has 0 saturated heterocycles. The number of nitriles is 1. The van der Waals surface area contributed by atoms with Gasteiger partial charge in [-0.05, 0) is 51.3 Å². The Morgan fingerprint density at radius 2 is 2.26 bits per heavy atom. The summed E-state index contributed by atoms with van der Waals surface area (Å²) in [5.41, 5.74) is 2.93. The molecule has 0 aliphatic heterocycles. The normalized spacial score (nSPS) is 15.4. The third-order valence-corrected chi connectivity index (χ3v) is 5.63. The zero-order valence-electron chi connectivity index (χ0n) is 15.9. The van der Waals surface area contributed by atoms with Crippen LogP contribution in [-0.2, 0) is 9.53 Å². The lowest BCUT2D eigenvalue weighted by Gasteiger charge is -2.17. The number of nitrogens with one attached hydrogen (secondary N) is 1. The molecule has 1 aliphatic carbocycles. The predicted octanol–water partition coefficient (Wildman–Crippen LogP) is 3.59. The lowest BCUT2D eigenvalue weighted by Crippen LogP contribution is -2.14. The van der Waals surface area contributed by atoms with Crippen molar-refractivity contribution in [2.45, 2.75) is 45.6 Å². The Labute approximate surface area is 162 Å². The molecule has 27 heavy (non-hydrogen) atoms. The highest BCUT2D eigenvalue weighted by molar-refractivity contribution is 7.15. The maximum absolute atomic E-state index is 12.5. The summed E-state index contributed by atoms with van der Waals surface area (Å²) in [6.45, 7) is 6.64. The smallest absolute Gasteiger partial charge is 0.268 e.